The molecule has 1 atom stereocenters. The number of anilines is 1. The van der Waals surface area contributed by atoms with Crippen molar-refractivity contribution in [3.63, 3.8) is 0 Å². The van der Waals surface area contributed by atoms with Crippen LogP contribution in [0.25, 0.3) is 0 Å². The summed E-state index contributed by atoms with van der Waals surface area (Å²) in [7, 11) is 5.04. The summed E-state index contributed by atoms with van der Waals surface area (Å²) in [5, 5.41) is 5.55. The van der Waals surface area contributed by atoms with Crippen molar-refractivity contribution in [3.8, 4) is 0 Å². The Morgan fingerprint density at radius 2 is 2.17 bits per heavy atom. The summed E-state index contributed by atoms with van der Waals surface area (Å²) in [6.07, 6.45) is 3.88. The maximum absolute atomic E-state index is 11.8. The molecule has 2 rings (SSSR count). The second-order valence-electron chi connectivity index (χ2n) is 5.67. The first-order chi connectivity index (χ1) is 11.1. The molecule has 0 aliphatic carbocycles. The van der Waals surface area contributed by atoms with E-state index in [1.165, 1.54) is 0 Å². The van der Waals surface area contributed by atoms with Crippen LogP contribution in [-0.4, -0.2) is 73.9 Å². The van der Waals surface area contributed by atoms with Gasteiger partial charge in [-0.3, -0.25) is 9.69 Å². The fraction of sp³-hybridized carbons (Fsp3) is 0.667. The summed E-state index contributed by atoms with van der Waals surface area (Å²) in [5.74, 6) is 0.540. The molecule has 0 aromatic carbocycles. The van der Waals surface area contributed by atoms with Gasteiger partial charge >= 0.3 is 0 Å². The Morgan fingerprint density at radius 1 is 1.43 bits per heavy atom. The van der Waals surface area contributed by atoms with E-state index < -0.39 is 5.60 Å². The molecule has 2 heterocycles. The highest BCUT2D eigenvalue weighted by Crippen LogP contribution is 2.22. The molecular weight excluding hydrogens is 298 g/mol. The molecule has 0 bridgehead atoms. The fourth-order valence-corrected chi connectivity index (χ4v) is 2.63. The molecule has 0 radical (unpaired) electrons. The molecular formula is C15H25N5O3. The van der Waals surface area contributed by atoms with Crippen molar-refractivity contribution in [2.24, 2.45) is 0 Å². The van der Waals surface area contributed by atoms with Crippen LogP contribution >= 0.6 is 0 Å². The molecule has 23 heavy (non-hydrogen) atoms. The van der Waals surface area contributed by atoms with Crippen LogP contribution in [-0.2, 0) is 20.8 Å². The molecule has 1 aromatic heterocycles. The highest BCUT2D eigenvalue weighted by molar-refractivity contribution is 5.76. The number of carbonyl (C=O) groups excluding carboxylic acids is 1. The second-order valence-corrected chi connectivity index (χ2v) is 5.67. The Balaban J connectivity index is 2.06. The number of methoxy groups -OCH3 is 1. The lowest BCUT2D eigenvalue weighted by molar-refractivity contribution is -0.132. The first kappa shape index (κ1) is 17.6. The molecule has 8 heteroatoms. The summed E-state index contributed by atoms with van der Waals surface area (Å²) in [4.78, 5) is 22.5. The summed E-state index contributed by atoms with van der Waals surface area (Å²) < 4.78 is 11.3. The van der Waals surface area contributed by atoms with Crippen molar-refractivity contribution >= 4 is 11.9 Å². The third-order valence-electron chi connectivity index (χ3n) is 3.96. The van der Waals surface area contributed by atoms with Gasteiger partial charge in [-0.2, -0.15) is 0 Å². The van der Waals surface area contributed by atoms with Gasteiger partial charge in [-0.1, -0.05) is 0 Å². The van der Waals surface area contributed by atoms with Crippen molar-refractivity contribution in [1.82, 2.24) is 20.2 Å². The quantitative estimate of drug-likeness (QED) is 0.754. The van der Waals surface area contributed by atoms with Gasteiger partial charge in [0.25, 0.3) is 0 Å². The zero-order valence-corrected chi connectivity index (χ0v) is 14.0. The van der Waals surface area contributed by atoms with E-state index in [1.54, 1.807) is 33.6 Å². The number of aromatic nitrogens is 2. The maximum atomic E-state index is 11.8. The van der Waals surface area contributed by atoms with E-state index in [1.807, 2.05) is 0 Å². The van der Waals surface area contributed by atoms with E-state index in [0.29, 0.717) is 32.3 Å². The van der Waals surface area contributed by atoms with E-state index in [-0.39, 0.29) is 12.3 Å². The Labute approximate surface area is 136 Å². The smallest absolute Gasteiger partial charge is 0.222 e. The van der Waals surface area contributed by atoms with Gasteiger partial charge < -0.3 is 20.1 Å². The van der Waals surface area contributed by atoms with Crippen LogP contribution < -0.4 is 10.6 Å². The van der Waals surface area contributed by atoms with Crippen LogP contribution in [0, 0.1) is 0 Å². The number of carbonyl (C=O) groups is 1. The molecule has 8 nitrogen and oxygen atoms in total. The standard InChI is InChI=1S/C15H25N5O3/c1-16-13(21)6-15(22-3)10-20(4-5-23-11-15)9-12-7-18-14(17-2)19-8-12/h7-8H,4-6,9-11H2,1-3H3,(H,16,21)(H,17,18,19). The van der Waals surface area contributed by atoms with Crippen molar-refractivity contribution < 1.29 is 14.3 Å². The number of hydrogen-bond acceptors (Lipinski definition) is 7. The molecule has 1 fully saturated rings. The topological polar surface area (TPSA) is 88.6 Å². The van der Waals surface area contributed by atoms with Gasteiger partial charge in [-0.05, 0) is 0 Å². The molecule has 0 spiro atoms. The third-order valence-corrected chi connectivity index (χ3v) is 3.96. The highest BCUT2D eigenvalue weighted by atomic mass is 16.5. The van der Waals surface area contributed by atoms with Crippen molar-refractivity contribution in [2.45, 2.75) is 18.6 Å². The molecule has 128 valence electrons. The number of nitrogens with one attached hydrogen (secondary N) is 2. The average Bonchev–Trinajstić information content (AvgIpc) is 2.78. The molecule has 0 saturated carbocycles. The third kappa shape index (κ3) is 4.85. The van der Waals surface area contributed by atoms with E-state index in [4.69, 9.17) is 9.47 Å². The van der Waals surface area contributed by atoms with Gasteiger partial charge in [0.1, 0.15) is 5.60 Å². The van der Waals surface area contributed by atoms with Crippen LogP contribution in [0.2, 0.25) is 0 Å². The number of rotatable bonds is 6. The molecule has 2 N–H and O–H groups in total. The molecule has 1 aliphatic rings. The highest BCUT2D eigenvalue weighted by Gasteiger charge is 2.37. The lowest BCUT2D eigenvalue weighted by atomic mass is 9.99. The number of nitrogens with zero attached hydrogens (tertiary/aromatic N) is 3. The first-order valence-electron chi connectivity index (χ1n) is 7.65. The number of amides is 1. The van der Waals surface area contributed by atoms with Gasteiger partial charge in [0.15, 0.2) is 0 Å². The summed E-state index contributed by atoms with van der Waals surface area (Å²) in [6.45, 7) is 3.08. The lowest BCUT2D eigenvalue weighted by Crippen LogP contribution is -2.48. The zero-order valence-electron chi connectivity index (χ0n) is 14.0. The van der Waals surface area contributed by atoms with Crippen molar-refractivity contribution in [3.05, 3.63) is 18.0 Å². The Bertz CT molecular complexity index is 510. The molecule has 1 aromatic rings. The van der Waals surface area contributed by atoms with Gasteiger partial charge in [0.05, 0.1) is 19.6 Å². The Hall–Kier alpha value is -1.77. The minimum absolute atomic E-state index is 0.0565. The van der Waals surface area contributed by atoms with Crippen LogP contribution in [0.1, 0.15) is 12.0 Å². The van der Waals surface area contributed by atoms with E-state index in [0.717, 1.165) is 12.1 Å². The molecule has 1 amide bonds. The number of hydrogen-bond donors (Lipinski definition) is 2. The predicted molar refractivity (Wildman–Crippen MR) is 86.1 cm³/mol. The van der Waals surface area contributed by atoms with Crippen LogP contribution in [0.5, 0.6) is 0 Å². The van der Waals surface area contributed by atoms with Gasteiger partial charge in [0, 0.05) is 58.8 Å². The second kappa shape index (κ2) is 8.19. The normalized spacial score (nSPS) is 22.4. The molecule has 1 aliphatic heterocycles. The van der Waals surface area contributed by atoms with Crippen molar-refractivity contribution in [1.29, 1.82) is 0 Å². The van der Waals surface area contributed by atoms with Gasteiger partial charge in [0.2, 0.25) is 11.9 Å². The van der Waals surface area contributed by atoms with E-state index in [2.05, 4.69) is 25.5 Å². The molecule has 1 unspecified atom stereocenters. The fourth-order valence-electron chi connectivity index (χ4n) is 2.63. The summed E-state index contributed by atoms with van der Waals surface area (Å²) >= 11 is 0. The van der Waals surface area contributed by atoms with Crippen LogP contribution in [0.4, 0.5) is 5.95 Å². The SMILES string of the molecule is CNC(=O)CC1(OC)COCCN(Cc2cnc(NC)nc2)C1. The summed E-state index contributed by atoms with van der Waals surface area (Å²) in [6, 6.07) is 0. The Kier molecular flexibility index (Phi) is 6.26. The average molecular weight is 323 g/mol. The number of ether oxygens (including phenoxy) is 2. The monoisotopic (exact) mass is 323 g/mol. The minimum Gasteiger partial charge on any atom is -0.377 e. The van der Waals surface area contributed by atoms with E-state index in [9.17, 15) is 4.79 Å². The minimum atomic E-state index is -0.637. The molecule has 1 saturated heterocycles. The van der Waals surface area contributed by atoms with E-state index >= 15 is 0 Å². The first-order valence-corrected chi connectivity index (χ1v) is 7.65. The van der Waals surface area contributed by atoms with Gasteiger partial charge in [-0.15, -0.1) is 0 Å². The Morgan fingerprint density at radius 3 is 2.78 bits per heavy atom. The van der Waals surface area contributed by atoms with Crippen LogP contribution in [0.15, 0.2) is 12.4 Å². The maximum Gasteiger partial charge on any atom is 0.222 e. The zero-order chi connectivity index (χ0) is 16.7. The van der Waals surface area contributed by atoms with Crippen molar-refractivity contribution in [2.75, 3.05) is 52.8 Å². The predicted octanol–water partition coefficient (Wildman–Crippen LogP) is -0.128. The lowest BCUT2D eigenvalue weighted by Gasteiger charge is -2.33. The summed E-state index contributed by atoms with van der Waals surface area (Å²) in [5.41, 5.74) is 0.374. The van der Waals surface area contributed by atoms with Gasteiger partial charge in [-0.25, -0.2) is 9.97 Å². The largest absolute Gasteiger partial charge is 0.377 e. The van der Waals surface area contributed by atoms with Crippen LogP contribution in [0.3, 0.4) is 0 Å².